The van der Waals surface area contributed by atoms with Crippen molar-refractivity contribution in [1.29, 1.82) is 0 Å². The molecule has 5 nitrogen and oxygen atoms in total. The molecular weight excluding hydrogens is 229 g/mol. The molecule has 0 bridgehead atoms. The molecule has 1 heterocycles. The third kappa shape index (κ3) is 3.53. The number of nitrogens with one attached hydrogen (secondary N) is 3. The lowest BCUT2D eigenvalue weighted by molar-refractivity contribution is -0.387. The van der Waals surface area contributed by atoms with Crippen LogP contribution in [0.5, 0.6) is 0 Å². The monoisotopic (exact) mass is 239 g/mol. The van der Waals surface area contributed by atoms with Gasteiger partial charge in [0.25, 0.3) is 0 Å². The Morgan fingerprint density at radius 2 is 2.57 bits per heavy atom. The number of hydrogen-bond donors (Lipinski definition) is 2. The maximum absolute atomic E-state index is 11.1. The lowest BCUT2D eigenvalue weighted by atomic mass is 10.2. The molecule has 0 saturated carbocycles. The minimum atomic E-state index is -0.529. The quantitative estimate of drug-likeness (QED) is 0.427. The van der Waals surface area contributed by atoms with E-state index in [4.69, 9.17) is 11.8 Å². The zero-order valence-corrected chi connectivity index (χ0v) is 9.02. The van der Waals surface area contributed by atoms with Crippen molar-refractivity contribution in [3.63, 3.8) is 0 Å². The highest BCUT2D eigenvalue weighted by Crippen LogP contribution is 1.98. The molecule has 0 saturated heterocycles. The number of carbonyl (C=O) groups excluding carboxylic acids is 1. The van der Waals surface area contributed by atoms with Gasteiger partial charge in [-0.25, -0.2) is 9.82 Å². The standard InChI is InChI=1S/C7H10ClN3O2.ClH/c1-13-7(12)6(11-8)2-5-3-9-4-10-5;/h3-4,6,11H,2H2,1H3,(H,9,10);1H/t6-;/m0./s1. The van der Waals surface area contributed by atoms with Crippen molar-refractivity contribution in [3.05, 3.63) is 18.2 Å². The van der Waals surface area contributed by atoms with Gasteiger partial charge in [0.2, 0.25) is 6.33 Å². The first-order chi connectivity index (χ1) is 6.27. The van der Waals surface area contributed by atoms with E-state index in [0.29, 0.717) is 6.42 Å². The van der Waals surface area contributed by atoms with E-state index in [9.17, 15) is 4.79 Å². The van der Waals surface area contributed by atoms with Crippen molar-refractivity contribution in [1.82, 2.24) is 9.82 Å². The van der Waals surface area contributed by atoms with Gasteiger partial charge in [0.05, 0.1) is 7.11 Å². The zero-order chi connectivity index (χ0) is 9.68. The summed E-state index contributed by atoms with van der Waals surface area (Å²) in [4.78, 5) is 19.2. The Labute approximate surface area is 92.7 Å². The summed E-state index contributed by atoms with van der Waals surface area (Å²) in [5.41, 5.74) is 0.878. The Morgan fingerprint density at radius 1 is 1.86 bits per heavy atom. The van der Waals surface area contributed by atoms with Crippen LogP contribution in [0.15, 0.2) is 12.5 Å². The summed E-state index contributed by atoms with van der Waals surface area (Å²) in [5, 5.41) is 0. The van der Waals surface area contributed by atoms with Crippen LogP contribution in [-0.2, 0) is 16.0 Å². The summed E-state index contributed by atoms with van der Waals surface area (Å²) in [6.07, 6.45) is 3.88. The van der Waals surface area contributed by atoms with Gasteiger partial charge in [0.1, 0.15) is 17.9 Å². The molecule has 1 aromatic rings. The number of imidazole rings is 1. The van der Waals surface area contributed by atoms with Crippen LogP contribution in [-0.4, -0.2) is 24.1 Å². The number of halogens is 2. The molecule has 0 aliphatic rings. The second kappa shape index (κ2) is 6.64. The Hall–Kier alpha value is -0.780. The van der Waals surface area contributed by atoms with E-state index in [0.717, 1.165) is 5.69 Å². The molecule has 14 heavy (non-hydrogen) atoms. The number of hydrogen-bond acceptors (Lipinski definition) is 3. The molecule has 0 fully saturated rings. The summed E-state index contributed by atoms with van der Waals surface area (Å²) >= 11 is 5.38. The lowest BCUT2D eigenvalue weighted by Gasteiger charge is -2.08. The van der Waals surface area contributed by atoms with Crippen molar-refractivity contribution < 1.29 is 26.9 Å². The fraction of sp³-hybridized carbons (Fsp3) is 0.429. The van der Waals surface area contributed by atoms with Crippen LogP contribution < -0.4 is 22.2 Å². The fourth-order valence-electron chi connectivity index (χ4n) is 0.965. The molecular formula is C7H11Cl2N3O2. The van der Waals surface area contributed by atoms with E-state index in [1.807, 2.05) is 0 Å². The summed E-state index contributed by atoms with van der Waals surface area (Å²) in [5.74, 6) is -0.385. The number of methoxy groups -OCH3 is 1. The van der Waals surface area contributed by atoms with E-state index in [1.54, 1.807) is 12.5 Å². The second-order valence-electron chi connectivity index (χ2n) is 2.51. The highest BCUT2D eigenvalue weighted by atomic mass is 35.5. The number of rotatable bonds is 4. The molecule has 0 aromatic carbocycles. The normalized spacial score (nSPS) is 11.6. The van der Waals surface area contributed by atoms with Crippen LogP contribution in [0.3, 0.4) is 0 Å². The Kier molecular flexibility index (Phi) is 6.27. The number of aromatic amines is 2. The van der Waals surface area contributed by atoms with Crippen LogP contribution in [0.25, 0.3) is 0 Å². The smallest absolute Gasteiger partial charge is 0.324 e. The SMILES string of the molecule is COC(=O)[C@H](Cc1c[nH]c[nH+]1)NCl.[Cl-]. The second-order valence-corrected chi connectivity index (χ2v) is 2.73. The molecule has 0 aliphatic carbocycles. The molecule has 1 aromatic heterocycles. The van der Waals surface area contributed by atoms with Crippen LogP contribution in [0.1, 0.15) is 5.69 Å². The van der Waals surface area contributed by atoms with Crippen LogP contribution >= 0.6 is 11.8 Å². The maximum Gasteiger partial charge on any atom is 0.324 e. The van der Waals surface area contributed by atoms with Crippen molar-refractivity contribution in [2.45, 2.75) is 12.5 Å². The minimum absolute atomic E-state index is 0. The minimum Gasteiger partial charge on any atom is -1.00 e. The van der Waals surface area contributed by atoms with Gasteiger partial charge in [-0.3, -0.25) is 9.78 Å². The molecule has 0 radical (unpaired) electrons. The molecule has 7 heteroatoms. The molecule has 3 N–H and O–H groups in total. The maximum atomic E-state index is 11.1. The predicted molar refractivity (Wildman–Crippen MR) is 45.8 cm³/mol. The summed E-state index contributed by atoms with van der Waals surface area (Å²) in [6.45, 7) is 0. The highest BCUT2D eigenvalue weighted by Gasteiger charge is 2.20. The Morgan fingerprint density at radius 3 is 3.00 bits per heavy atom. The van der Waals surface area contributed by atoms with Crippen LogP contribution in [0.4, 0.5) is 0 Å². The molecule has 80 valence electrons. The predicted octanol–water partition coefficient (Wildman–Crippen LogP) is -3.34. The number of esters is 1. The highest BCUT2D eigenvalue weighted by molar-refractivity contribution is 6.14. The Balaban J connectivity index is 0.00000169. The summed E-state index contributed by atoms with van der Waals surface area (Å²) < 4.78 is 4.54. The number of aromatic nitrogens is 2. The Bertz CT molecular complexity index is 266. The summed E-state index contributed by atoms with van der Waals surface area (Å²) in [6, 6.07) is -0.529. The van der Waals surface area contributed by atoms with E-state index < -0.39 is 6.04 Å². The first kappa shape index (κ1) is 13.2. The van der Waals surface area contributed by atoms with E-state index >= 15 is 0 Å². The van der Waals surface area contributed by atoms with Gasteiger partial charge >= 0.3 is 5.97 Å². The van der Waals surface area contributed by atoms with Gasteiger partial charge in [-0.2, -0.15) is 0 Å². The largest absolute Gasteiger partial charge is 1.00 e. The molecule has 0 aliphatic heterocycles. The first-order valence-corrected chi connectivity index (χ1v) is 4.13. The molecule has 0 unspecified atom stereocenters. The van der Waals surface area contributed by atoms with E-state index in [2.05, 4.69) is 19.5 Å². The van der Waals surface area contributed by atoms with E-state index in [1.165, 1.54) is 7.11 Å². The van der Waals surface area contributed by atoms with Gasteiger partial charge in [-0.1, -0.05) is 0 Å². The zero-order valence-electron chi connectivity index (χ0n) is 7.51. The molecule has 0 amide bonds. The number of ether oxygens (including phenoxy) is 1. The van der Waals surface area contributed by atoms with Crippen molar-refractivity contribution in [2.24, 2.45) is 0 Å². The van der Waals surface area contributed by atoms with Gasteiger partial charge in [-0.05, 0) is 11.8 Å². The summed E-state index contributed by atoms with van der Waals surface area (Å²) in [7, 11) is 1.32. The third-order valence-electron chi connectivity index (χ3n) is 1.64. The van der Waals surface area contributed by atoms with Gasteiger partial charge in [-0.15, -0.1) is 0 Å². The van der Waals surface area contributed by atoms with Crippen LogP contribution in [0, 0.1) is 0 Å². The first-order valence-electron chi connectivity index (χ1n) is 3.75. The average Bonchev–Trinajstić information content (AvgIpc) is 2.65. The van der Waals surface area contributed by atoms with Crippen LogP contribution in [0.2, 0.25) is 0 Å². The van der Waals surface area contributed by atoms with Crippen molar-refractivity contribution in [2.75, 3.05) is 7.11 Å². The van der Waals surface area contributed by atoms with Gasteiger partial charge in [0, 0.05) is 6.42 Å². The van der Waals surface area contributed by atoms with Crippen molar-refractivity contribution >= 4 is 17.7 Å². The molecule has 1 atom stereocenters. The molecule has 1 rings (SSSR count). The van der Waals surface area contributed by atoms with E-state index in [-0.39, 0.29) is 18.4 Å². The fourth-order valence-corrected chi connectivity index (χ4v) is 1.13. The average molecular weight is 240 g/mol. The topological polar surface area (TPSA) is 68.3 Å². The lowest BCUT2D eigenvalue weighted by Crippen LogP contribution is -3.00. The van der Waals surface area contributed by atoms with Gasteiger partial charge in [0.15, 0.2) is 0 Å². The third-order valence-corrected chi connectivity index (χ3v) is 1.90. The van der Waals surface area contributed by atoms with Crippen molar-refractivity contribution in [3.8, 4) is 0 Å². The molecule has 0 spiro atoms. The number of carbonyl (C=O) groups is 1. The van der Waals surface area contributed by atoms with Gasteiger partial charge < -0.3 is 17.1 Å². The number of H-pyrrole nitrogens is 2.